The second-order valence-corrected chi connectivity index (χ2v) is 22.8. The standard InChI is InChI=1S/C58H116NO7P/c1-6-8-10-12-14-16-18-20-22-24-26-28-29-30-31-32-33-35-37-39-41-43-45-47-49-51-58(60)66-57(56-65-67(61,62)64-54-52-59(3,4)5)55-63-53-50-48-46-44-42-40-38-36-34-27-25-23-21-19-17-15-13-11-9-7-2/h24,26,57H,6-23,25,27-56H2,1-5H3/p+1/b26-24-. The largest absolute Gasteiger partial charge is 0.472 e. The number of likely N-dealkylation sites (N-methyl/N-ethyl adjacent to an activating group) is 1. The molecule has 0 fully saturated rings. The molecule has 2 unspecified atom stereocenters. The van der Waals surface area contributed by atoms with E-state index in [9.17, 15) is 14.3 Å². The Morgan fingerprint density at radius 2 is 0.776 bits per heavy atom. The van der Waals surface area contributed by atoms with E-state index in [0.29, 0.717) is 24.1 Å². The SMILES string of the molecule is CCCCCCCCCC/C=C\CCCCCCCCCCCCCCCC(=O)OC(COCCCCCCCCCCCCCCCCCCCCCC)COP(=O)(O)OCC[N+](C)(C)C. The molecule has 0 spiro atoms. The molecule has 1 N–H and O–H groups in total. The minimum atomic E-state index is -4.28. The number of quaternary nitrogens is 1. The maximum Gasteiger partial charge on any atom is 0.472 e. The summed E-state index contributed by atoms with van der Waals surface area (Å²) in [6.07, 6.45) is 61.3. The zero-order valence-corrected chi connectivity index (χ0v) is 46.6. The molecule has 0 amide bonds. The summed E-state index contributed by atoms with van der Waals surface area (Å²) in [5, 5.41) is 0. The summed E-state index contributed by atoms with van der Waals surface area (Å²) in [6.45, 7) is 5.71. The molecular formula is C58H117NO7P+. The highest BCUT2D eigenvalue weighted by atomic mass is 31.2. The van der Waals surface area contributed by atoms with Crippen LogP contribution in [-0.4, -0.2) is 75.6 Å². The van der Waals surface area contributed by atoms with Crippen molar-refractivity contribution in [3.05, 3.63) is 12.2 Å². The van der Waals surface area contributed by atoms with E-state index in [0.717, 1.165) is 32.1 Å². The molecule has 0 aliphatic heterocycles. The number of carbonyl (C=O) groups excluding carboxylic acids is 1. The number of allylic oxidation sites excluding steroid dienone is 2. The molecule has 0 heterocycles. The number of nitrogens with zero attached hydrogens (tertiary/aromatic N) is 1. The number of hydrogen-bond acceptors (Lipinski definition) is 6. The molecule has 0 bridgehead atoms. The predicted octanol–water partition coefficient (Wildman–Crippen LogP) is 18.5. The molecular weight excluding hydrogens is 854 g/mol. The van der Waals surface area contributed by atoms with Crippen LogP contribution in [0.4, 0.5) is 0 Å². The lowest BCUT2D eigenvalue weighted by atomic mass is 10.0. The van der Waals surface area contributed by atoms with E-state index in [2.05, 4.69) is 26.0 Å². The van der Waals surface area contributed by atoms with E-state index in [-0.39, 0.29) is 25.8 Å². The minimum absolute atomic E-state index is 0.0928. The molecule has 0 aliphatic carbocycles. The van der Waals surface area contributed by atoms with Crippen molar-refractivity contribution in [3.63, 3.8) is 0 Å². The third-order valence-electron chi connectivity index (χ3n) is 13.3. The normalized spacial score (nSPS) is 13.5. The smallest absolute Gasteiger partial charge is 0.457 e. The Morgan fingerprint density at radius 3 is 1.13 bits per heavy atom. The van der Waals surface area contributed by atoms with Crippen LogP contribution < -0.4 is 0 Å². The van der Waals surface area contributed by atoms with Crippen molar-refractivity contribution in [1.29, 1.82) is 0 Å². The molecule has 9 heteroatoms. The zero-order chi connectivity index (χ0) is 49.0. The average molecular weight is 972 g/mol. The Hall–Kier alpha value is -0.760. The Labute approximate surface area is 418 Å². The van der Waals surface area contributed by atoms with E-state index in [4.69, 9.17) is 18.5 Å². The summed E-state index contributed by atoms with van der Waals surface area (Å²) in [6, 6.07) is 0. The Balaban J connectivity index is 4.01. The van der Waals surface area contributed by atoms with Gasteiger partial charge in [-0.05, 0) is 38.5 Å². The molecule has 0 aromatic carbocycles. The number of phosphoric acid groups is 1. The van der Waals surface area contributed by atoms with Crippen LogP contribution in [0.15, 0.2) is 12.2 Å². The maximum absolute atomic E-state index is 12.8. The fourth-order valence-electron chi connectivity index (χ4n) is 8.79. The third kappa shape index (κ3) is 56.0. The number of carbonyl (C=O) groups is 1. The van der Waals surface area contributed by atoms with E-state index in [1.807, 2.05) is 21.1 Å². The van der Waals surface area contributed by atoms with Gasteiger partial charge in [-0.1, -0.05) is 264 Å². The van der Waals surface area contributed by atoms with Gasteiger partial charge in [0.25, 0.3) is 0 Å². The van der Waals surface area contributed by atoms with Gasteiger partial charge in [0.1, 0.15) is 19.3 Å². The Kier molecular flexibility index (Phi) is 51.0. The second-order valence-electron chi connectivity index (χ2n) is 21.4. The Morgan fingerprint density at radius 1 is 0.448 bits per heavy atom. The van der Waals surface area contributed by atoms with Gasteiger partial charge < -0.3 is 18.9 Å². The van der Waals surface area contributed by atoms with Crippen LogP contribution in [0.5, 0.6) is 0 Å². The van der Waals surface area contributed by atoms with Crippen LogP contribution in [0.1, 0.15) is 296 Å². The van der Waals surface area contributed by atoms with Crippen LogP contribution in [0.3, 0.4) is 0 Å². The van der Waals surface area contributed by atoms with Gasteiger partial charge in [0.05, 0.1) is 34.4 Å². The Bertz CT molecular complexity index is 1080. The van der Waals surface area contributed by atoms with Crippen molar-refractivity contribution in [3.8, 4) is 0 Å². The number of unbranched alkanes of at least 4 members (excludes halogenated alkanes) is 40. The first-order chi connectivity index (χ1) is 32.6. The highest BCUT2D eigenvalue weighted by Gasteiger charge is 2.26. The van der Waals surface area contributed by atoms with Crippen molar-refractivity contribution in [2.75, 3.05) is 54.1 Å². The lowest BCUT2D eigenvalue weighted by Crippen LogP contribution is -2.37. The number of phosphoric ester groups is 1. The first-order valence-corrected chi connectivity index (χ1v) is 30.9. The molecule has 0 saturated heterocycles. The quantitative estimate of drug-likeness (QED) is 0.0213. The van der Waals surface area contributed by atoms with Crippen LogP contribution in [-0.2, 0) is 27.9 Å². The van der Waals surface area contributed by atoms with Gasteiger partial charge in [-0.2, -0.15) is 0 Å². The van der Waals surface area contributed by atoms with E-state index < -0.39 is 13.9 Å². The maximum atomic E-state index is 12.8. The van der Waals surface area contributed by atoms with Gasteiger partial charge in [0, 0.05) is 13.0 Å². The summed E-state index contributed by atoms with van der Waals surface area (Å²) in [7, 11) is 1.69. The van der Waals surface area contributed by atoms with Gasteiger partial charge >= 0.3 is 13.8 Å². The van der Waals surface area contributed by atoms with E-state index in [1.54, 1.807) is 0 Å². The van der Waals surface area contributed by atoms with E-state index in [1.165, 1.54) is 244 Å². The molecule has 2 atom stereocenters. The van der Waals surface area contributed by atoms with Crippen LogP contribution in [0.2, 0.25) is 0 Å². The summed E-state index contributed by atoms with van der Waals surface area (Å²) in [5.41, 5.74) is 0. The molecule has 0 aromatic heterocycles. The van der Waals surface area contributed by atoms with Crippen molar-refractivity contribution in [1.82, 2.24) is 0 Å². The summed E-state index contributed by atoms with van der Waals surface area (Å²) < 4.78 is 35.3. The first-order valence-electron chi connectivity index (χ1n) is 29.4. The third-order valence-corrected chi connectivity index (χ3v) is 14.3. The topological polar surface area (TPSA) is 91.3 Å². The molecule has 0 rings (SSSR count). The van der Waals surface area contributed by atoms with Crippen LogP contribution in [0.25, 0.3) is 0 Å². The van der Waals surface area contributed by atoms with Crippen LogP contribution >= 0.6 is 7.82 Å². The highest BCUT2D eigenvalue weighted by Crippen LogP contribution is 2.43. The molecule has 67 heavy (non-hydrogen) atoms. The second kappa shape index (κ2) is 51.6. The predicted molar refractivity (Wildman–Crippen MR) is 289 cm³/mol. The molecule has 8 nitrogen and oxygen atoms in total. The van der Waals surface area contributed by atoms with Crippen LogP contribution in [0, 0.1) is 0 Å². The average Bonchev–Trinajstić information content (AvgIpc) is 3.29. The van der Waals surface area contributed by atoms with Crippen molar-refractivity contribution < 1.29 is 37.3 Å². The number of hydrogen-bond donors (Lipinski definition) is 1. The molecule has 0 aliphatic rings. The molecule has 0 saturated carbocycles. The number of ether oxygens (including phenoxy) is 2. The number of esters is 1. The molecule has 0 radical (unpaired) electrons. The monoisotopic (exact) mass is 971 g/mol. The van der Waals surface area contributed by atoms with Gasteiger partial charge in [0.2, 0.25) is 0 Å². The van der Waals surface area contributed by atoms with Gasteiger partial charge in [-0.3, -0.25) is 13.8 Å². The summed E-state index contributed by atoms with van der Waals surface area (Å²) in [5.74, 6) is -0.305. The summed E-state index contributed by atoms with van der Waals surface area (Å²) >= 11 is 0. The fourth-order valence-corrected chi connectivity index (χ4v) is 9.53. The fraction of sp³-hybridized carbons (Fsp3) is 0.948. The van der Waals surface area contributed by atoms with E-state index >= 15 is 0 Å². The molecule has 400 valence electrons. The highest BCUT2D eigenvalue weighted by molar-refractivity contribution is 7.47. The lowest BCUT2D eigenvalue weighted by molar-refractivity contribution is -0.870. The lowest BCUT2D eigenvalue weighted by Gasteiger charge is -2.24. The van der Waals surface area contributed by atoms with Crippen molar-refractivity contribution in [2.24, 2.45) is 0 Å². The van der Waals surface area contributed by atoms with Crippen molar-refractivity contribution in [2.45, 2.75) is 302 Å². The summed E-state index contributed by atoms with van der Waals surface area (Å²) in [4.78, 5) is 23.1. The minimum Gasteiger partial charge on any atom is -0.457 e. The number of rotatable bonds is 56. The zero-order valence-electron chi connectivity index (χ0n) is 45.7. The molecule has 0 aromatic rings. The van der Waals surface area contributed by atoms with Gasteiger partial charge in [0.15, 0.2) is 0 Å². The van der Waals surface area contributed by atoms with Gasteiger partial charge in [-0.15, -0.1) is 0 Å². The van der Waals surface area contributed by atoms with Crippen molar-refractivity contribution >= 4 is 13.8 Å². The van der Waals surface area contributed by atoms with Gasteiger partial charge in [-0.25, -0.2) is 4.57 Å². The first kappa shape index (κ1) is 66.2.